The van der Waals surface area contributed by atoms with Gasteiger partial charge in [-0.1, -0.05) is 5.16 Å². The maximum absolute atomic E-state index is 11.9. The van der Waals surface area contributed by atoms with Gasteiger partial charge in [-0.3, -0.25) is 4.79 Å². The number of rotatable bonds is 4. The van der Waals surface area contributed by atoms with Crippen LogP contribution in [0.2, 0.25) is 0 Å². The Morgan fingerprint density at radius 3 is 2.94 bits per heavy atom. The minimum atomic E-state index is -0.193. The van der Waals surface area contributed by atoms with E-state index in [1.54, 1.807) is 13.2 Å². The zero-order valence-electron chi connectivity index (χ0n) is 10.5. The highest BCUT2D eigenvalue weighted by Crippen LogP contribution is 2.17. The van der Waals surface area contributed by atoms with Gasteiger partial charge in [0.15, 0.2) is 11.5 Å². The van der Waals surface area contributed by atoms with Crippen molar-refractivity contribution in [3.05, 3.63) is 17.5 Å². The minimum absolute atomic E-state index is 0.193. The summed E-state index contributed by atoms with van der Waals surface area (Å²) in [5.74, 6) is 0.356. The lowest BCUT2D eigenvalue weighted by Gasteiger charge is -2.26. The molecule has 1 aromatic heterocycles. The Labute approximate surface area is 106 Å². The van der Waals surface area contributed by atoms with Gasteiger partial charge in [0.1, 0.15) is 6.61 Å². The van der Waals surface area contributed by atoms with Crippen LogP contribution in [0, 0.1) is 0 Å². The summed E-state index contributed by atoms with van der Waals surface area (Å²) in [6, 6.07) is 2.08. The summed E-state index contributed by atoms with van der Waals surface area (Å²) in [5, 5.41) is 6.68. The van der Waals surface area contributed by atoms with Crippen LogP contribution in [-0.4, -0.2) is 30.3 Å². The predicted molar refractivity (Wildman–Crippen MR) is 64.9 cm³/mol. The quantitative estimate of drug-likeness (QED) is 0.829. The maximum atomic E-state index is 11.9. The van der Waals surface area contributed by atoms with Crippen molar-refractivity contribution in [2.75, 3.05) is 7.11 Å². The van der Waals surface area contributed by atoms with E-state index < -0.39 is 0 Å². The van der Waals surface area contributed by atoms with Gasteiger partial charge >= 0.3 is 0 Å². The summed E-state index contributed by atoms with van der Waals surface area (Å²) < 4.78 is 9.88. The van der Waals surface area contributed by atoms with Crippen LogP contribution in [-0.2, 0) is 11.3 Å². The monoisotopic (exact) mass is 253 g/mol. The van der Waals surface area contributed by atoms with Crippen molar-refractivity contribution in [3.63, 3.8) is 0 Å². The normalized spacial score (nSPS) is 23.9. The molecule has 0 aliphatic heterocycles. The number of carbonyl (C=O) groups excluding carboxylic acids is 1. The Bertz CT molecular complexity index is 397. The van der Waals surface area contributed by atoms with E-state index in [1.165, 1.54) is 0 Å². The number of methoxy groups -OCH3 is 1. The van der Waals surface area contributed by atoms with Crippen molar-refractivity contribution in [2.24, 2.45) is 5.73 Å². The van der Waals surface area contributed by atoms with Gasteiger partial charge in [-0.25, -0.2) is 0 Å². The van der Waals surface area contributed by atoms with Crippen LogP contribution in [0.5, 0.6) is 0 Å². The van der Waals surface area contributed by atoms with Gasteiger partial charge in [0.25, 0.3) is 5.91 Å². The highest BCUT2D eigenvalue weighted by Gasteiger charge is 2.22. The van der Waals surface area contributed by atoms with Crippen LogP contribution in [0.15, 0.2) is 10.6 Å². The molecule has 0 unspecified atom stereocenters. The first-order valence-electron chi connectivity index (χ1n) is 6.20. The highest BCUT2D eigenvalue weighted by atomic mass is 16.5. The standard InChI is InChI=1S/C12H19N3O3/c1-17-7-10-6-11(15-18-10)12(16)14-9-4-2-8(13)3-5-9/h6,8-9H,2-5,7,13H2,1H3,(H,14,16). The van der Waals surface area contributed by atoms with Crippen molar-refractivity contribution in [2.45, 2.75) is 44.4 Å². The molecule has 2 rings (SSSR count). The molecule has 1 amide bonds. The van der Waals surface area contributed by atoms with E-state index in [9.17, 15) is 4.79 Å². The second-order valence-corrected chi connectivity index (χ2v) is 4.70. The van der Waals surface area contributed by atoms with E-state index >= 15 is 0 Å². The van der Waals surface area contributed by atoms with Crippen LogP contribution in [0.25, 0.3) is 0 Å². The molecule has 0 saturated heterocycles. The van der Waals surface area contributed by atoms with Crippen LogP contribution < -0.4 is 11.1 Å². The Hall–Kier alpha value is -1.40. The molecular formula is C12H19N3O3. The summed E-state index contributed by atoms with van der Waals surface area (Å²) in [4.78, 5) is 11.9. The zero-order chi connectivity index (χ0) is 13.0. The average molecular weight is 253 g/mol. The van der Waals surface area contributed by atoms with E-state index in [0.29, 0.717) is 18.1 Å². The van der Waals surface area contributed by atoms with Crippen molar-refractivity contribution >= 4 is 5.91 Å². The van der Waals surface area contributed by atoms with Gasteiger partial charge in [0.05, 0.1) is 0 Å². The Balaban J connectivity index is 1.86. The number of nitrogens with zero attached hydrogens (tertiary/aromatic N) is 1. The van der Waals surface area contributed by atoms with E-state index in [1.807, 2.05) is 0 Å². The number of aromatic nitrogens is 1. The first kappa shape index (κ1) is 13.0. The average Bonchev–Trinajstić information content (AvgIpc) is 2.81. The molecule has 0 aromatic carbocycles. The summed E-state index contributed by atoms with van der Waals surface area (Å²) in [7, 11) is 1.56. The molecular weight excluding hydrogens is 234 g/mol. The first-order valence-corrected chi connectivity index (χ1v) is 6.20. The molecule has 0 atom stereocenters. The molecule has 1 fully saturated rings. The molecule has 0 radical (unpaired) electrons. The molecule has 1 aromatic rings. The summed E-state index contributed by atoms with van der Waals surface area (Å²) in [6.07, 6.45) is 3.77. The third-order valence-electron chi connectivity index (χ3n) is 3.19. The molecule has 1 aliphatic carbocycles. The lowest BCUT2D eigenvalue weighted by molar-refractivity contribution is 0.0916. The summed E-state index contributed by atoms with van der Waals surface area (Å²) >= 11 is 0. The van der Waals surface area contributed by atoms with E-state index in [2.05, 4.69) is 10.5 Å². The SMILES string of the molecule is COCc1cc(C(=O)NC2CCC(N)CC2)no1. The van der Waals surface area contributed by atoms with Crippen molar-refractivity contribution in [3.8, 4) is 0 Å². The van der Waals surface area contributed by atoms with Gasteiger partial charge in [-0.15, -0.1) is 0 Å². The number of hydrogen-bond acceptors (Lipinski definition) is 5. The molecule has 0 bridgehead atoms. The number of nitrogens with one attached hydrogen (secondary N) is 1. The smallest absolute Gasteiger partial charge is 0.273 e. The van der Waals surface area contributed by atoms with E-state index in [-0.39, 0.29) is 18.0 Å². The molecule has 1 aliphatic rings. The highest BCUT2D eigenvalue weighted by molar-refractivity contribution is 5.92. The molecule has 0 spiro atoms. The Kier molecular flexibility index (Phi) is 4.33. The van der Waals surface area contributed by atoms with E-state index in [4.69, 9.17) is 15.0 Å². The Morgan fingerprint density at radius 2 is 2.28 bits per heavy atom. The molecule has 6 heteroatoms. The lowest BCUT2D eigenvalue weighted by Crippen LogP contribution is -2.40. The lowest BCUT2D eigenvalue weighted by atomic mass is 9.92. The second-order valence-electron chi connectivity index (χ2n) is 4.70. The molecule has 100 valence electrons. The van der Waals surface area contributed by atoms with Gasteiger partial charge in [0, 0.05) is 25.3 Å². The van der Waals surface area contributed by atoms with Gasteiger partial charge in [-0.2, -0.15) is 0 Å². The fourth-order valence-corrected chi connectivity index (χ4v) is 2.15. The molecule has 3 N–H and O–H groups in total. The largest absolute Gasteiger partial charge is 0.377 e. The van der Waals surface area contributed by atoms with Crippen molar-refractivity contribution in [1.82, 2.24) is 10.5 Å². The first-order chi connectivity index (χ1) is 8.69. The van der Waals surface area contributed by atoms with Crippen LogP contribution in [0.4, 0.5) is 0 Å². The number of ether oxygens (including phenoxy) is 1. The van der Waals surface area contributed by atoms with Gasteiger partial charge in [0.2, 0.25) is 0 Å². The zero-order valence-corrected chi connectivity index (χ0v) is 10.5. The molecule has 18 heavy (non-hydrogen) atoms. The third-order valence-corrected chi connectivity index (χ3v) is 3.19. The fraction of sp³-hybridized carbons (Fsp3) is 0.667. The van der Waals surface area contributed by atoms with Crippen molar-refractivity contribution in [1.29, 1.82) is 0 Å². The second kappa shape index (κ2) is 5.97. The molecule has 1 heterocycles. The number of nitrogens with two attached hydrogens (primary N) is 1. The maximum Gasteiger partial charge on any atom is 0.273 e. The van der Waals surface area contributed by atoms with E-state index in [0.717, 1.165) is 25.7 Å². The predicted octanol–water partition coefficient (Wildman–Crippen LogP) is 0.821. The molecule has 1 saturated carbocycles. The fourth-order valence-electron chi connectivity index (χ4n) is 2.15. The molecule has 6 nitrogen and oxygen atoms in total. The summed E-state index contributed by atoms with van der Waals surface area (Å²) in [5.41, 5.74) is 6.12. The topological polar surface area (TPSA) is 90.4 Å². The van der Waals surface area contributed by atoms with Crippen LogP contribution in [0.3, 0.4) is 0 Å². The van der Waals surface area contributed by atoms with Crippen LogP contribution >= 0.6 is 0 Å². The minimum Gasteiger partial charge on any atom is -0.377 e. The number of hydrogen-bond donors (Lipinski definition) is 2. The van der Waals surface area contributed by atoms with Crippen molar-refractivity contribution < 1.29 is 14.1 Å². The number of carbonyl (C=O) groups is 1. The van der Waals surface area contributed by atoms with Gasteiger partial charge in [-0.05, 0) is 25.7 Å². The number of amides is 1. The third kappa shape index (κ3) is 3.30. The summed E-state index contributed by atoms with van der Waals surface area (Å²) in [6.45, 7) is 0.318. The Morgan fingerprint density at radius 1 is 1.56 bits per heavy atom. The van der Waals surface area contributed by atoms with Gasteiger partial charge < -0.3 is 20.3 Å². The van der Waals surface area contributed by atoms with Crippen LogP contribution in [0.1, 0.15) is 41.9 Å².